The predicted octanol–water partition coefficient (Wildman–Crippen LogP) is 2.76. The third-order valence-electron chi connectivity index (χ3n) is 6.22. The molecule has 0 atom stereocenters. The Balaban J connectivity index is 1.44. The fourth-order valence-corrected chi connectivity index (χ4v) is 4.39. The van der Waals surface area contributed by atoms with E-state index >= 15 is 0 Å². The van der Waals surface area contributed by atoms with Gasteiger partial charge in [-0.15, -0.1) is 0 Å². The Morgan fingerprint density at radius 2 is 1.82 bits per heavy atom. The van der Waals surface area contributed by atoms with Gasteiger partial charge in [0.25, 0.3) is 11.6 Å². The second kappa shape index (κ2) is 10.3. The zero-order valence-electron chi connectivity index (χ0n) is 18.6. The van der Waals surface area contributed by atoms with Gasteiger partial charge >= 0.3 is 12.0 Å². The molecule has 0 aromatic heterocycles. The number of benzene rings is 2. The summed E-state index contributed by atoms with van der Waals surface area (Å²) in [6.45, 7) is 1.32. The molecule has 34 heavy (non-hydrogen) atoms. The van der Waals surface area contributed by atoms with E-state index in [-0.39, 0.29) is 17.8 Å². The highest BCUT2D eigenvalue weighted by Crippen LogP contribution is 2.31. The number of nitrogens with one attached hydrogen (secondary N) is 1. The Labute approximate surface area is 196 Å². The topological polar surface area (TPSA) is 122 Å². The van der Waals surface area contributed by atoms with Crippen molar-refractivity contribution in [3.05, 3.63) is 69.8 Å². The maximum absolute atomic E-state index is 12.8. The van der Waals surface area contributed by atoms with E-state index in [0.29, 0.717) is 31.2 Å². The maximum atomic E-state index is 12.8. The molecule has 10 nitrogen and oxygen atoms in total. The maximum Gasteiger partial charge on any atom is 0.341 e. The van der Waals surface area contributed by atoms with Crippen LogP contribution in [0.1, 0.15) is 28.8 Å². The number of hydrogen-bond acceptors (Lipinski definition) is 7. The van der Waals surface area contributed by atoms with Crippen LogP contribution in [0.5, 0.6) is 0 Å². The first-order valence-electron chi connectivity index (χ1n) is 11.2. The molecular weight excluding hydrogens is 440 g/mol. The number of piperidine rings is 1. The first-order chi connectivity index (χ1) is 16.4. The molecule has 2 aliphatic heterocycles. The summed E-state index contributed by atoms with van der Waals surface area (Å²) < 4.78 is 5.16. The molecule has 0 spiro atoms. The van der Waals surface area contributed by atoms with E-state index in [4.69, 9.17) is 4.74 Å². The van der Waals surface area contributed by atoms with Crippen LogP contribution in [0, 0.1) is 16.0 Å². The number of carbonyl (C=O) groups is 3. The standard InChI is InChI=1S/C24H26N4O6/c29-22(27-13-10-25-24(27)31)16-34-23(30)20-15-19(28(32)33)6-7-21(20)26-11-8-18(9-12-26)14-17-4-2-1-3-5-17/h1-7,15,18H,8-14,16H2,(H,25,31). The average Bonchev–Trinajstić information content (AvgIpc) is 3.29. The largest absolute Gasteiger partial charge is 0.452 e. The van der Waals surface area contributed by atoms with Crippen molar-refractivity contribution in [1.82, 2.24) is 10.2 Å². The summed E-state index contributed by atoms with van der Waals surface area (Å²) in [5.41, 5.74) is 1.63. The van der Waals surface area contributed by atoms with Gasteiger partial charge in [0.15, 0.2) is 6.61 Å². The van der Waals surface area contributed by atoms with Gasteiger partial charge in [-0.1, -0.05) is 30.3 Å². The lowest BCUT2D eigenvalue weighted by Crippen LogP contribution is -2.37. The van der Waals surface area contributed by atoms with E-state index < -0.39 is 29.4 Å². The number of ether oxygens (including phenoxy) is 1. The van der Waals surface area contributed by atoms with Crippen LogP contribution in [-0.4, -0.2) is 60.5 Å². The summed E-state index contributed by atoms with van der Waals surface area (Å²) >= 11 is 0. The van der Waals surface area contributed by atoms with Crippen LogP contribution in [-0.2, 0) is 16.0 Å². The molecule has 0 unspecified atom stereocenters. The van der Waals surface area contributed by atoms with E-state index in [1.54, 1.807) is 6.07 Å². The second-order valence-corrected chi connectivity index (χ2v) is 8.43. The molecule has 0 aliphatic carbocycles. The molecule has 2 heterocycles. The normalized spacial score (nSPS) is 16.3. The summed E-state index contributed by atoms with van der Waals surface area (Å²) in [5.74, 6) is -0.966. The number of non-ortho nitro benzene ring substituents is 1. The number of hydrogen-bond donors (Lipinski definition) is 1. The molecule has 178 valence electrons. The Kier molecular flexibility index (Phi) is 7.05. The summed E-state index contributed by atoms with van der Waals surface area (Å²) in [6, 6.07) is 13.9. The molecule has 2 saturated heterocycles. The third-order valence-corrected chi connectivity index (χ3v) is 6.22. The number of urea groups is 1. The lowest BCUT2D eigenvalue weighted by atomic mass is 9.90. The number of rotatable bonds is 7. The molecule has 2 aromatic rings. The molecule has 2 aromatic carbocycles. The summed E-state index contributed by atoms with van der Waals surface area (Å²) in [5, 5.41) is 13.8. The van der Waals surface area contributed by atoms with E-state index in [9.17, 15) is 24.5 Å². The molecule has 1 N–H and O–H groups in total. The van der Waals surface area contributed by atoms with Crippen LogP contribution in [0.4, 0.5) is 16.2 Å². The van der Waals surface area contributed by atoms with E-state index in [1.165, 1.54) is 17.7 Å². The number of esters is 1. The Hall–Kier alpha value is -3.95. The lowest BCUT2D eigenvalue weighted by Gasteiger charge is -2.34. The van der Waals surface area contributed by atoms with Crippen molar-refractivity contribution in [3.63, 3.8) is 0 Å². The van der Waals surface area contributed by atoms with E-state index in [2.05, 4.69) is 17.4 Å². The minimum Gasteiger partial charge on any atom is -0.452 e. The van der Waals surface area contributed by atoms with Crippen LogP contribution < -0.4 is 10.2 Å². The number of nitrogens with zero attached hydrogens (tertiary/aromatic N) is 3. The first-order valence-corrected chi connectivity index (χ1v) is 11.2. The average molecular weight is 466 g/mol. The van der Waals surface area contributed by atoms with Gasteiger partial charge in [0, 0.05) is 38.3 Å². The van der Waals surface area contributed by atoms with Crippen molar-refractivity contribution in [1.29, 1.82) is 0 Å². The molecule has 3 amide bonds. The Morgan fingerprint density at radius 3 is 2.47 bits per heavy atom. The van der Waals surface area contributed by atoms with E-state index in [0.717, 1.165) is 24.2 Å². The summed E-state index contributed by atoms with van der Waals surface area (Å²) in [7, 11) is 0. The van der Waals surface area contributed by atoms with Gasteiger partial charge in [0.2, 0.25) is 0 Å². The van der Waals surface area contributed by atoms with Gasteiger partial charge in [0.1, 0.15) is 0 Å². The molecule has 0 bridgehead atoms. The second-order valence-electron chi connectivity index (χ2n) is 8.43. The molecule has 0 saturated carbocycles. The molecule has 2 aliphatic rings. The Bertz CT molecular complexity index is 1080. The number of amides is 3. The van der Waals surface area contributed by atoms with Gasteiger partial charge in [-0.05, 0) is 36.8 Å². The third kappa shape index (κ3) is 5.33. The quantitative estimate of drug-likeness (QED) is 0.378. The SMILES string of the molecule is O=C(OCC(=O)N1CCNC1=O)c1cc([N+](=O)[O-])ccc1N1CCC(Cc2ccccc2)CC1. The first kappa shape index (κ1) is 23.2. The minimum atomic E-state index is -0.835. The van der Waals surface area contributed by atoms with Crippen molar-refractivity contribution in [3.8, 4) is 0 Å². The summed E-state index contributed by atoms with van der Waals surface area (Å²) in [4.78, 5) is 50.4. The smallest absolute Gasteiger partial charge is 0.341 e. The number of nitro benzene ring substituents is 1. The minimum absolute atomic E-state index is 0.0365. The number of nitro groups is 1. The van der Waals surface area contributed by atoms with E-state index in [1.807, 2.05) is 23.1 Å². The van der Waals surface area contributed by atoms with Crippen LogP contribution in [0.25, 0.3) is 0 Å². The highest BCUT2D eigenvalue weighted by atomic mass is 16.6. The van der Waals surface area contributed by atoms with Crippen molar-refractivity contribution in [2.75, 3.05) is 37.7 Å². The predicted molar refractivity (Wildman–Crippen MR) is 124 cm³/mol. The summed E-state index contributed by atoms with van der Waals surface area (Å²) in [6.07, 6.45) is 2.82. The highest BCUT2D eigenvalue weighted by Gasteiger charge is 2.29. The Morgan fingerprint density at radius 1 is 1.09 bits per heavy atom. The molecule has 0 radical (unpaired) electrons. The van der Waals surface area contributed by atoms with Gasteiger partial charge in [-0.3, -0.25) is 19.8 Å². The molecular formula is C24H26N4O6. The van der Waals surface area contributed by atoms with Gasteiger partial charge < -0.3 is 15.0 Å². The van der Waals surface area contributed by atoms with Crippen molar-refractivity contribution < 1.29 is 24.0 Å². The van der Waals surface area contributed by atoms with Gasteiger partial charge in [0.05, 0.1) is 16.2 Å². The highest BCUT2D eigenvalue weighted by molar-refractivity contribution is 6.00. The number of carbonyl (C=O) groups excluding carboxylic acids is 3. The molecule has 4 rings (SSSR count). The molecule has 2 fully saturated rings. The monoisotopic (exact) mass is 466 g/mol. The zero-order chi connectivity index (χ0) is 24.1. The van der Waals surface area contributed by atoms with Crippen LogP contribution in [0.3, 0.4) is 0 Å². The molecule has 10 heteroatoms. The van der Waals surface area contributed by atoms with Gasteiger partial charge in [-0.2, -0.15) is 0 Å². The van der Waals surface area contributed by atoms with Crippen LogP contribution in [0.2, 0.25) is 0 Å². The van der Waals surface area contributed by atoms with Crippen molar-refractivity contribution in [2.45, 2.75) is 19.3 Å². The van der Waals surface area contributed by atoms with Crippen molar-refractivity contribution >= 4 is 29.3 Å². The van der Waals surface area contributed by atoms with Gasteiger partial charge in [-0.25, -0.2) is 9.59 Å². The van der Waals surface area contributed by atoms with Crippen LogP contribution >= 0.6 is 0 Å². The number of anilines is 1. The fraction of sp³-hybridized carbons (Fsp3) is 0.375. The fourth-order valence-electron chi connectivity index (χ4n) is 4.39. The van der Waals surface area contributed by atoms with Crippen molar-refractivity contribution in [2.24, 2.45) is 5.92 Å². The number of imide groups is 1. The van der Waals surface area contributed by atoms with Crippen LogP contribution in [0.15, 0.2) is 48.5 Å². The lowest BCUT2D eigenvalue weighted by molar-refractivity contribution is -0.384. The zero-order valence-corrected chi connectivity index (χ0v) is 18.6.